The van der Waals surface area contributed by atoms with Crippen molar-refractivity contribution >= 4 is 21.9 Å². The first kappa shape index (κ1) is 9.77. The largest absolute Gasteiger partial charge is 0.481 e. The maximum atomic E-state index is 11.1. The number of halogens is 1. The summed E-state index contributed by atoms with van der Waals surface area (Å²) in [6.07, 6.45) is 4.79. The molecule has 1 unspecified atom stereocenters. The second-order valence-corrected chi connectivity index (χ2v) is 4.58. The van der Waals surface area contributed by atoms with E-state index in [1.165, 1.54) is 0 Å². The van der Waals surface area contributed by atoms with Crippen LogP contribution in [0.3, 0.4) is 0 Å². The normalized spacial score (nSPS) is 21.4. The number of carboxylic acid groups (broad SMARTS) is 1. The number of carboxylic acids is 1. The molecule has 0 spiro atoms. The summed E-state index contributed by atoms with van der Waals surface area (Å²) in [7, 11) is 0. The number of rotatable bonds is 1. The van der Waals surface area contributed by atoms with Crippen LogP contribution < -0.4 is 0 Å². The summed E-state index contributed by atoms with van der Waals surface area (Å²) in [6, 6.07) is 1.92. The van der Waals surface area contributed by atoms with Gasteiger partial charge in [0.1, 0.15) is 0 Å². The first-order valence-electron chi connectivity index (χ1n) is 4.77. The van der Waals surface area contributed by atoms with Crippen LogP contribution in [0.5, 0.6) is 0 Å². The molecule has 1 N–H and O–H groups in total. The molecule has 0 saturated heterocycles. The zero-order valence-electron chi connectivity index (χ0n) is 7.74. The van der Waals surface area contributed by atoms with Crippen molar-refractivity contribution < 1.29 is 9.90 Å². The van der Waals surface area contributed by atoms with Gasteiger partial charge in [0.2, 0.25) is 0 Å². The van der Waals surface area contributed by atoms with Gasteiger partial charge in [0.05, 0.1) is 5.92 Å². The molecule has 0 amide bonds. The molecule has 2 heterocycles. The van der Waals surface area contributed by atoms with Gasteiger partial charge in [-0.05, 0) is 34.8 Å². The molecule has 4 heteroatoms. The number of carbonyl (C=O) groups is 1. The van der Waals surface area contributed by atoms with E-state index in [1.807, 2.05) is 12.3 Å². The van der Waals surface area contributed by atoms with Gasteiger partial charge in [-0.3, -0.25) is 4.79 Å². The molecule has 14 heavy (non-hydrogen) atoms. The smallest absolute Gasteiger partial charge is 0.312 e. The maximum Gasteiger partial charge on any atom is 0.312 e. The average molecular weight is 258 g/mol. The lowest BCUT2D eigenvalue weighted by Gasteiger charge is -2.10. The molecule has 2 rings (SSSR count). The van der Waals surface area contributed by atoms with Gasteiger partial charge in [0.15, 0.2) is 0 Å². The third-order valence-corrected chi connectivity index (χ3v) is 3.13. The van der Waals surface area contributed by atoms with Crippen molar-refractivity contribution in [1.82, 2.24) is 4.57 Å². The van der Waals surface area contributed by atoms with Crippen LogP contribution in [-0.4, -0.2) is 15.6 Å². The van der Waals surface area contributed by atoms with E-state index < -0.39 is 5.97 Å². The number of hydrogen-bond donors (Lipinski definition) is 1. The summed E-state index contributed by atoms with van der Waals surface area (Å²) in [5.74, 6) is -1.04. The number of fused-ring (bicyclic) bond motifs is 1. The molecule has 1 aromatic rings. The Hall–Kier alpha value is -0.770. The minimum atomic E-state index is -0.709. The quantitative estimate of drug-likeness (QED) is 0.841. The van der Waals surface area contributed by atoms with E-state index in [2.05, 4.69) is 20.5 Å². The van der Waals surface area contributed by atoms with E-state index in [4.69, 9.17) is 5.11 Å². The lowest BCUT2D eigenvalue weighted by atomic mass is 10.0. The second-order valence-electron chi connectivity index (χ2n) is 3.66. The number of aromatic nitrogens is 1. The zero-order valence-corrected chi connectivity index (χ0v) is 9.33. The van der Waals surface area contributed by atoms with Crippen molar-refractivity contribution in [3.05, 3.63) is 22.4 Å². The van der Waals surface area contributed by atoms with E-state index in [9.17, 15) is 4.79 Å². The fraction of sp³-hybridized carbons (Fsp3) is 0.500. The minimum Gasteiger partial charge on any atom is -0.481 e. The van der Waals surface area contributed by atoms with Gasteiger partial charge in [-0.15, -0.1) is 0 Å². The van der Waals surface area contributed by atoms with Gasteiger partial charge in [-0.2, -0.15) is 0 Å². The number of hydrogen-bond acceptors (Lipinski definition) is 1. The molecule has 0 aromatic carbocycles. The maximum absolute atomic E-state index is 11.1. The molecule has 0 fully saturated rings. The molecule has 1 aliphatic heterocycles. The molecular formula is C10H12BrNO2. The molecule has 76 valence electrons. The van der Waals surface area contributed by atoms with Crippen molar-refractivity contribution in [3.63, 3.8) is 0 Å². The van der Waals surface area contributed by atoms with Crippen LogP contribution in [0, 0.1) is 0 Å². The Morgan fingerprint density at radius 2 is 2.36 bits per heavy atom. The van der Waals surface area contributed by atoms with Gasteiger partial charge >= 0.3 is 5.97 Å². The Morgan fingerprint density at radius 3 is 3.07 bits per heavy atom. The first-order chi connectivity index (χ1) is 6.68. The summed E-state index contributed by atoms with van der Waals surface area (Å²) in [5, 5.41) is 9.09. The van der Waals surface area contributed by atoms with Crippen molar-refractivity contribution in [2.45, 2.75) is 31.7 Å². The molecule has 1 aromatic heterocycles. The standard InChI is InChI=1S/C10H12BrNO2/c11-7-5-9-8(10(13)14)3-1-2-4-12(9)6-7/h5-6,8H,1-4H2,(H,13,14). The van der Waals surface area contributed by atoms with Gasteiger partial charge < -0.3 is 9.67 Å². The van der Waals surface area contributed by atoms with E-state index in [0.717, 1.165) is 36.0 Å². The Kier molecular flexibility index (Phi) is 2.63. The van der Waals surface area contributed by atoms with E-state index >= 15 is 0 Å². The van der Waals surface area contributed by atoms with Gasteiger partial charge in [0, 0.05) is 22.9 Å². The zero-order chi connectivity index (χ0) is 10.1. The number of nitrogens with zero attached hydrogens (tertiary/aromatic N) is 1. The summed E-state index contributed by atoms with van der Waals surface area (Å²) < 4.78 is 3.02. The van der Waals surface area contributed by atoms with Gasteiger partial charge in [-0.1, -0.05) is 6.42 Å². The SMILES string of the molecule is O=C(O)C1CCCCn2cc(Br)cc21. The van der Waals surface area contributed by atoms with Crippen LogP contribution >= 0.6 is 15.9 Å². The Morgan fingerprint density at radius 1 is 1.57 bits per heavy atom. The average Bonchev–Trinajstić information content (AvgIpc) is 2.35. The second kappa shape index (κ2) is 3.77. The molecule has 0 saturated carbocycles. The lowest BCUT2D eigenvalue weighted by Crippen LogP contribution is -2.13. The van der Waals surface area contributed by atoms with Crippen molar-refractivity contribution in [3.8, 4) is 0 Å². The van der Waals surface area contributed by atoms with Crippen LogP contribution in [-0.2, 0) is 11.3 Å². The van der Waals surface area contributed by atoms with Gasteiger partial charge in [0.25, 0.3) is 0 Å². The van der Waals surface area contributed by atoms with Crippen LogP contribution in [0.25, 0.3) is 0 Å². The predicted octanol–water partition coefficient (Wildman–Crippen LogP) is 2.60. The highest BCUT2D eigenvalue weighted by Crippen LogP contribution is 2.30. The Balaban J connectivity index is 2.40. The molecular weight excluding hydrogens is 246 g/mol. The van der Waals surface area contributed by atoms with E-state index in [1.54, 1.807) is 0 Å². The fourth-order valence-electron chi connectivity index (χ4n) is 2.01. The molecule has 0 aliphatic carbocycles. The Bertz CT molecular complexity index is 359. The van der Waals surface area contributed by atoms with Gasteiger partial charge in [-0.25, -0.2) is 0 Å². The van der Waals surface area contributed by atoms with Crippen LogP contribution in [0.15, 0.2) is 16.7 Å². The third kappa shape index (κ3) is 1.71. The van der Waals surface area contributed by atoms with Crippen LogP contribution in [0.2, 0.25) is 0 Å². The highest BCUT2D eigenvalue weighted by molar-refractivity contribution is 9.10. The summed E-state index contributed by atoms with van der Waals surface area (Å²) in [6.45, 7) is 0.935. The predicted molar refractivity (Wildman–Crippen MR) is 56.4 cm³/mol. The topological polar surface area (TPSA) is 42.2 Å². The molecule has 0 radical (unpaired) electrons. The van der Waals surface area contributed by atoms with Crippen molar-refractivity contribution in [2.24, 2.45) is 0 Å². The molecule has 0 bridgehead atoms. The van der Waals surface area contributed by atoms with Crippen molar-refractivity contribution in [2.75, 3.05) is 0 Å². The highest BCUT2D eigenvalue weighted by Gasteiger charge is 2.25. The number of aliphatic carboxylic acids is 1. The molecule has 3 nitrogen and oxygen atoms in total. The molecule has 1 atom stereocenters. The number of aryl methyl sites for hydroxylation is 1. The lowest BCUT2D eigenvalue weighted by molar-refractivity contribution is -0.139. The Labute approximate surface area is 90.9 Å². The van der Waals surface area contributed by atoms with Crippen molar-refractivity contribution in [1.29, 1.82) is 0 Å². The van der Waals surface area contributed by atoms with Crippen LogP contribution in [0.4, 0.5) is 0 Å². The first-order valence-corrected chi connectivity index (χ1v) is 5.56. The summed E-state index contributed by atoms with van der Waals surface area (Å²) in [4.78, 5) is 11.1. The van der Waals surface area contributed by atoms with E-state index in [0.29, 0.717) is 0 Å². The summed E-state index contributed by atoms with van der Waals surface area (Å²) in [5.41, 5.74) is 0.932. The third-order valence-electron chi connectivity index (χ3n) is 2.69. The van der Waals surface area contributed by atoms with Crippen LogP contribution in [0.1, 0.15) is 30.9 Å². The highest BCUT2D eigenvalue weighted by atomic mass is 79.9. The van der Waals surface area contributed by atoms with E-state index in [-0.39, 0.29) is 5.92 Å². The fourth-order valence-corrected chi connectivity index (χ4v) is 2.49. The molecule has 1 aliphatic rings. The monoisotopic (exact) mass is 257 g/mol. The minimum absolute atomic E-state index is 0.330. The summed E-state index contributed by atoms with van der Waals surface area (Å²) >= 11 is 3.38.